The van der Waals surface area contributed by atoms with Crippen molar-refractivity contribution in [3.8, 4) is 5.75 Å². The normalized spacial score (nSPS) is 9.71. The van der Waals surface area contributed by atoms with E-state index in [2.05, 4.69) is 25.7 Å². The topological polar surface area (TPSA) is 35.5 Å². The Kier molecular flexibility index (Phi) is 4.04. The zero-order valence-corrected chi connectivity index (χ0v) is 10.1. The van der Waals surface area contributed by atoms with Gasteiger partial charge in [0.05, 0.1) is 10.0 Å². The molecule has 0 atom stereocenters. The van der Waals surface area contributed by atoms with Gasteiger partial charge in [-0.05, 0) is 22.0 Å². The first kappa shape index (κ1) is 11.6. The number of benzene rings is 1. The van der Waals surface area contributed by atoms with Crippen LogP contribution in [0.2, 0.25) is 10.0 Å². The fourth-order valence-corrected chi connectivity index (χ4v) is 1.41. The van der Waals surface area contributed by atoms with Crippen molar-refractivity contribution in [1.29, 1.82) is 0 Å². The van der Waals surface area contributed by atoms with E-state index < -0.39 is 5.97 Å². The highest BCUT2D eigenvalue weighted by molar-refractivity contribution is 9.10. The van der Waals surface area contributed by atoms with Crippen LogP contribution in [0.25, 0.3) is 0 Å². The smallest absolute Gasteiger partial charge is 0.285 e. The molecule has 14 heavy (non-hydrogen) atoms. The van der Waals surface area contributed by atoms with Gasteiger partial charge in [-0.2, -0.15) is 0 Å². The maximum Gasteiger partial charge on any atom is 0.352 e. The summed E-state index contributed by atoms with van der Waals surface area (Å²) < 4.78 is 0.603. The number of carbonyl (C=O) groups is 1. The second kappa shape index (κ2) is 4.87. The molecule has 1 aromatic carbocycles. The van der Waals surface area contributed by atoms with Crippen molar-refractivity contribution in [2.24, 2.45) is 0 Å². The van der Waals surface area contributed by atoms with Gasteiger partial charge >= 0.3 is 5.97 Å². The summed E-state index contributed by atoms with van der Waals surface area (Å²) in [6, 6.07) is 2.99. The Morgan fingerprint density at radius 3 is 2.57 bits per heavy atom. The number of hydrogen-bond donors (Lipinski definition) is 0. The molecule has 3 nitrogen and oxygen atoms in total. The third kappa shape index (κ3) is 3.04. The Balaban J connectivity index is 2.87. The van der Waals surface area contributed by atoms with Crippen LogP contribution in [0.1, 0.15) is 6.92 Å². The van der Waals surface area contributed by atoms with E-state index in [9.17, 15) is 4.79 Å². The quantitative estimate of drug-likeness (QED) is 0.475. The van der Waals surface area contributed by atoms with Gasteiger partial charge in [-0.1, -0.05) is 23.2 Å². The molecular formula is C8H5BrCl2O3. The van der Waals surface area contributed by atoms with Gasteiger partial charge in [-0.15, -0.1) is 0 Å². The fraction of sp³-hybridized carbons (Fsp3) is 0.125. The highest BCUT2D eigenvalue weighted by Crippen LogP contribution is 2.34. The summed E-state index contributed by atoms with van der Waals surface area (Å²) in [7, 11) is 0. The van der Waals surface area contributed by atoms with E-state index in [1.807, 2.05) is 0 Å². The van der Waals surface area contributed by atoms with Crippen LogP contribution in [-0.2, 0) is 9.68 Å². The van der Waals surface area contributed by atoms with Gasteiger partial charge in [0.1, 0.15) is 0 Å². The van der Waals surface area contributed by atoms with Crippen LogP contribution < -0.4 is 4.89 Å². The lowest BCUT2D eigenvalue weighted by Gasteiger charge is -2.05. The maximum atomic E-state index is 10.5. The molecule has 0 saturated carbocycles. The maximum absolute atomic E-state index is 10.5. The fourth-order valence-electron chi connectivity index (χ4n) is 0.672. The van der Waals surface area contributed by atoms with E-state index in [4.69, 9.17) is 23.2 Å². The predicted molar refractivity (Wildman–Crippen MR) is 56.6 cm³/mol. The molecule has 0 spiro atoms. The van der Waals surface area contributed by atoms with Gasteiger partial charge in [0.15, 0.2) is 5.75 Å². The first-order valence-electron chi connectivity index (χ1n) is 3.50. The van der Waals surface area contributed by atoms with Crippen LogP contribution in [0.4, 0.5) is 0 Å². The third-order valence-corrected chi connectivity index (χ3v) is 2.72. The molecule has 0 bridgehead atoms. The summed E-state index contributed by atoms with van der Waals surface area (Å²) >= 11 is 14.7. The van der Waals surface area contributed by atoms with Gasteiger partial charge in [-0.3, -0.25) is 9.78 Å². The van der Waals surface area contributed by atoms with E-state index >= 15 is 0 Å². The van der Waals surface area contributed by atoms with Crippen molar-refractivity contribution < 1.29 is 14.6 Å². The number of carbonyl (C=O) groups excluding carboxylic acids is 1. The molecule has 0 amide bonds. The number of hydrogen-bond acceptors (Lipinski definition) is 3. The zero-order chi connectivity index (χ0) is 10.7. The van der Waals surface area contributed by atoms with Crippen molar-refractivity contribution >= 4 is 45.1 Å². The van der Waals surface area contributed by atoms with Crippen molar-refractivity contribution in [2.75, 3.05) is 0 Å². The van der Waals surface area contributed by atoms with E-state index in [1.165, 1.54) is 19.1 Å². The van der Waals surface area contributed by atoms with Crippen LogP contribution in [0, 0.1) is 0 Å². The molecule has 0 saturated heterocycles. The van der Waals surface area contributed by atoms with Gasteiger partial charge < -0.3 is 0 Å². The molecule has 0 aromatic heterocycles. The predicted octanol–water partition coefficient (Wildman–Crippen LogP) is 3.61. The molecule has 1 aromatic rings. The van der Waals surface area contributed by atoms with Crippen molar-refractivity contribution in [1.82, 2.24) is 0 Å². The van der Waals surface area contributed by atoms with Gasteiger partial charge in [-0.25, -0.2) is 4.79 Å². The van der Waals surface area contributed by atoms with Crippen LogP contribution >= 0.6 is 39.1 Å². The van der Waals surface area contributed by atoms with E-state index in [1.54, 1.807) is 0 Å². The lowest BCUT2D eigenvalue weighted by molar-refractivity contribution is -0.210. The van der Waals surface area contributed by atoms with Gasteiger partial charge in [0, 0.05) is 17.5 Å². The molecule has 0 aliphatic rings. The molecule has 0 aliphatic heterocycles. The molecule has 76 valence electrons. The van der Waals surface area contributed by atoms with Crippen molar-refractivity contribution in [3.63, 3.8) is 0 Å². The van der Waals surface area contributed by atoms with E-state index in [-0.39, 0.29) is 10.8 Å². The second-order valence-electron chi connectivity index (χ2n) is 2.35. The Bertz CT molecular complexity index is 368. The Labute approximate surface area is 99.0 Å². The second-order valence-corrected chi connectivity index (χ2v) is 4.02. The minimum absolute atomic E-state index is 0.221. The lowest BCUT2D eigenvalue weighted by atomic mass is 10.3. The summed E-state index contributed by atoms with van der Waals surface area (Å²) in [5, 5.41) is 0.713. The SMILES string of the molecule is CC(=O)OOc1cc(Br)c(Cl)cc1Cl. The number of halogens is 3. The summed E-state index contributed by atoms with van der Waals surface area (Å²) in [6.45, 7) is 1.22. The molecular weight excluding hydrogens is 295 g/mol. The third-order valence-electron chi connectivity index (χ3n) is 1.22. The average molecular weight is 300 g/mol. The molecule has 0 fully saturated rings. The molecule has 1 rings (SSSR count). The van der Waals surface area contributed by atoms with Gasteiger partial charge in [0.2, 0.25) is 0 Å². The van der Waals surface area contributed by atoms with Crippen molar-refractivity contribution in [2.45, 2.75) is 6.92 Å². The largest absolute Gasteiger partial charge is 0.352 e. The molecule has 0 heterocycles. The highest BCUT2D eigenvalue weighted by atomic mass is 79.9. The average Bonchev–Trinajstić information content (AvgIpc) is 2.09. The first-order valence-corrected chi connectivity index (χ1v) is 5.05. The van der Waals surface area contributed by atoms with Crippen molar-refractivity contribution in [3.05, 3.63) is 26.7 Å². The summed E-state index contributed by atoms with van der Waals surface area (Å²) in [6.07, 6.45) is 0. The number of rotatable bonds is 2. The highest BCUT2D eigenvalue weighted by Gasteiger charge is 2.08. The first-order chi connectivity index (χ1) is 6.50. The molecule has 0 radical (unpaired) electrons. The van der Waals surface area contributed by atoms with E-state index in [0.717, 1.165) is 0 Å². The molecule has 0 unspecified atom stereocenters. The van der Waals surface area contributed by atoms with Crippen LogP contribution in [-0.4, -0.2) is 5.97 Å². The Hall–Kier alpha value is -0.450. The Morgan fingerprint density at radius 1 is 1.36 bits per heavy atom. The lowest BCUT2D eigenvalue weighted by Crippen LogP contribution is -2.03. The monoisotopic (exact) mass is 298 g/mol. The van der Waals surface area contributed by atoms with E-state index in [0.29, 0.717) is 9.50 Å². The minimum Gasteiger partial charge on any atom is -0.285 e. The van der Waals surface area contributed by atoms with Crippen LogP contribution in [0.3, 0.4) is 0 Å². The standard InChI is InChI=1S/C8H5BrCl2O3/c1-4(12)13-14-8-2-5(9)6(10)3-7(8)11/h2-3H,1H3. The Morgan fingerprint density at radius 2 is 2.00 bits per heavy atom. The van der Waals surface area contributed by atoms with Crippen LogP contribution in [0.5, 0.6) is 5.75 Å². The molecule has 0 aliphatic carbocycles. The zero-order valence-electron chi connectivity index (χ0n) is 7.01. The van der Waals surface area contributed by atoms with Gasteiger partial charge in [0.25, 0.3) is 0 Å². The van der Waals surface area contributed by atoms with Crippen LogP contribution in [0.15, 0.2) is 16.6 Å². The summed E-state index contributed by atoms with van der Waals surface area (Å²) in [4.78, 5) is 19.4. The minimum atomic E-state index is -0.563. The molecule has 6 heteroatoms. The summed E-state index contributed by atoms with van der Waals surface area (Å²) in [5.41, 5.74) is 0. The molecule has 0 N–H and O–H groups in total. The summed E-state index contributed by atoms with van der Waals surface area (Å²) in [5.74, 6) is -0.342.